The van der Waals surface area contributed by atoms with Gasteiger partial charge in [-0.1, -0.05) is 12.1 Å². The van der Waals surface area contributed by atoms with Gasteiger partial charge < -0.3 is 15.7 Å². The molecule has 2 aromatic heterocycles. The molecule has 4 atom stereocenters. The standard InChI is InChI=1S/C24H26FN5O2/c1-13-10-16(4-6-19(13)25)17-5-7-20(27-11-17)14(2)29-24-26-9-8-21(30-24)22-18(15(3)31)12-28-23(22)32/h4-11,14-15,18,22,31H,12H2,1-3H3,(H,28,32)(H,26,29,30)/t14-,15+,18?,22+/m0/s1. The normalized spacial score (nSPS) is 20.0. The van der Waals surface area contributed by atoms with Crippen LogP contribution in [0.5, 0.6) is 0 Å². The Morgan fingerprint density at radius 1 is 1.16 bits per heavy atom. The Hall–Kier alpha value is -3.39. The van der Waals surface area contributed by atoms with E-state index in [1.165, 1.54) is 6.07 Å². The maximum atomic E-state index is 13.5. The molecule has 0 aliphatic carbocycles. The highest BCUT2D eigenvalue weighted by Crippen LogP contribution is 2.31. The van der Waals surface area contributed by atoms with Crippen LogP contribution >= 0.6 is 0 Å². The van der Waals surface area contributed by atoms with E-state index in [-0.39, 0.29) is 23.7 Å². The molecule has 3 N–H and O–H groups in total. The summed E-state index contributed by atoms with van der Waals surface area (Å²) in [7, 11) is 0. The van der Waals surface area contributed by atoms with E-state index in [4.69, 9.17) is 0 Å². The van der Waals surface area contributed by atoms with E-state index in [0.29, 0.717) is 23.8 Å². The molecule has 7 nitrogen and oxygen atoms in total. The molecule has 1 aliphatic rings. The number of nitrogens with zero attached hydrogens (tertiary/aromatic N) is 3. The molecule has 3 heterocycles. The smallest absolute Gasteiger partial charge is 0.229 e. The number of amides is 1. The van der Waals surface area contributed by atoms with Gasteiger partial charge in [-0.2, -0.15) is 0 Å². The minimum absolute atomic E-state index is 0.137. The van der Waals surface area contributed by atoms with Gasteiger partial charge in [0.2, 0.25) is 11.9 Å². The van der Waals surface area contributed by atoms with Crippen LogP contribution in [0.25, 0.3) is 11.1 Å². The Bertz CT molecular complexity index is 1120. The Kier molecular flexibility index (Phi) is 6.14. The van der Waals surface area contributed by atoms with Gasteiger partial charge in [0.1, 0.15) is 5.82 Å². The monoisotopic (exact) mass is 435 g/mol. The fourth-order valence-electron chi connectivity index (χ4n) is 3.98. The number of rotatable bonds is 6. The maximum absolute atomic E-state index is 13.5. The maximum Gasteiger partial charge on any atom is 0.229 e. The van der Waals surface area contributed by atoms with Crippen LogP contribution in [0.3, 0.4) is 0 Å². The first-order valence-electron chi connectivity index (χ1n) is 10.6. The van der Waals surface area contributed by atoms with E-state index in [1.54, 1.807) is 44.4 Å². The molecule has 8 heteroatoms. The number of aliphatic hydroxyl groups is 1. The van der Waals surface area contributed by atoms with Gasteiger partial charge in [0.25, 0.3) is 0 Å². The second kappa shape index (κ2) is 9.00. The fraction of sp³-hybridized carbons (Fsp3) is 0.333. The van der Waals surface area contributed by atoms with Gasteiger partial charge in [-0.25, -0.2) is 14.4 Å². The molecule has 1 unspecified atom stereocenters. The summed E-state index contributed by atoms with van der Waals surface area (Å²) < 4.78 is 13.5. The van der Waals surface area contributed by atoms with E-state index in [9.17, 15) is 14.3 Å². The van der Waals surface area contributed by atoms with Gasteiger partial charge in [-0.3, -0.25) is 9.78 Å². The van der Waals surface area contributed by atoms with Crippen LogP contribution in [0.2, 0.25) is 0 Å². The van der Waals surface area contributed by atoms with Crippen molar-refractivity contribution in [3.05, 3.63) is 71.6 Å². The highest BCUT2D eigenvalue weighted by Gasteiger charge is 2.39. The topological polar surface area (TPSA) is 100 Å². The first-order valence-corrected chi connectivity index (χ1v) is 10.6. The summed E-state index contributed by atoms with van der Waals surface area (Å²) in [6.45, 7) is 5.79. The highest BCUT2D eigenvalue weighted by atomic mass is 19.1. The average molecular weight is 436 g/mol. The summed E-state index contributed by atoms with van der Waals surface area (Å²) in [5, 5.41) is 16.0. The van der Waals surface area contributed by atoms with Crippen molar-refractivity contribution in [2.24, 2.45) is 5.92 Å². The zero-order chi connectivity index (χ0) is 22.8. The Labute approximate surface area is 186 Å². The lowest BCUT2D eigenvalue weighted by atomic mass is 9.88. The minimum atomic E-state index is -0.628. The molecule has 1 fully saturated rings. The number of hydrogen-bond acceptors (Lipinski definition) is 6. The van der Waals surface area contributed by atoms with Crippen LogP contribution in [0.15, 0.2) is 48.8 Å². The number of aromatic nitrogens is 3. The number of halogens is 1. The number of benzene rings is 1. The minimum Gasteiger partial charge on any atom is -0.393 e. The first-order chi connectivity index (χ1) is 15.3. The zero-order valence-electron chi connectivity index (χ0n) is 18.2. The third kappa shape index (κ3) is 4.45. The van der Waals surface area contributed by atoms with Crippen molar-refractivity contribution in [3.8, 4) is 11.1 Å². The highest BCUT2D eigenvalue weighted by molar-refractivity contribution is 5.85. The number of carbonyl (C=O) groups is 1. The van der Waals surface area contributed by atoms with Gasteiger partial charge in [-0.05, 0) is 56.2 Å². The van der Waals surface area contributed by atoms with Crippen LogP contribution in [0.1, 0.15) is 42.8 Å². The lowest BCUT2D eigenvalue weighted by molar-refractivity contribution is -0.121. The number of aliphatic hydroxyl groups excluding tert-OH is 1. The molecule has 1 amide bonds. The molecule has 1 aliphatic heterocycles. The molecule has 4 rings (SSSR count). The summed E-state index contributed by atoms with van der Waals surface area (Å²) >= 11 is 0. The molecule has 1 saturated heterocycles. The third-order valence-electron chi connectivity index (χ3n) is 5.90. The predicted molar refractivity (Wildman–Crippen MR) is 119 cm³/mol. The van der Waals surface area contributed by atoms with Gasteiger partial charge in [0.05, 0.1) is 29.5 Å². The van der Waals surface area contributed by atoms with Crippen LogP contribution in [-0.2, 0) is 4.79 Å². The lowest BCUT2D eigenvalue weighted by Gasteiger charge is -2.20. The Balaban J connectivity index is 1.49. The summed E-state index contributed by atoms with van der Waals surface area (Å²) in [5.41, 5.74) is 3.76. The van der Waals surface area contributed by atoms with Crippen LogP contribution in [0.4, 0.5) is 10.3 Å². The van der Waals surface area contributed by atoms with Gasteiger partial charge in [0.15, 0.2) is 0 Å². The molecule has 0 spiro atoms. The Morgan fingerprint density at radius 2 is 1.94 bits per heavy atom. The second-order valence-electron chi connectivity index (χ2n) is 8.23. The molecular formula is C24H26FN5O2. The number of anilines is 1. The quantitative estimate of drug-likeness (QED) is 0.549. The second-order valence-corrected chi connectivity index (χ2v) is 8.23. The van der Waals surface area contributed by atoms with Crippen molar-refractivity contribution < 1.29 is 14.3 Å². The molecule has 0 saturated carbocycles. The number of aryl methyl sites for hydroxylation is 1. The first kappa shape index (κ1) is 21.8. The summed E-state index contributed by atoms with van der Waals surface area (Å²) in [5.74, 6) is -0.716. The molecular weight excluding hydrogens is 409 g/mol. The van der Waals surface area contributed by atoms with Crippen molar-refractivity contribution in [1.82, 2.24) is 20.3 Å². The van der Waals surface area contributed by atoms with E-state index >= 15 is 0 Å². The van der Waals surface area contributed by atoms with Crippen LogP contribution in [0, 0.1) is 18.7 Å². The molecule has 0 radical (unpaired) electrons. The zero-order valence-corrected chi connectivity index (χ0v) is 18.2. The molecule has 0 bridgehead atoms. The average Bonchev–Trinajstić information content (AvgIpc) is 3.18. The van der Waals surface area contributed by atoms with Crippen LogP contribution in [-0.4, -0.2) is 38.6 Å². The number of carbonyl (C=O) groups excluding carboxylic acids is 1. The van der Waals surface area contributed by atoms with E-state index in [1.807, 2.05) is 19.1 Å². The van der Waals surface area contributed by atoms with Crippen molar-refractivity contribution in [1.29, 1.82) is 0 Å². The van der Waals surface area contributed by atoms with Crippen molar-refractivity contribution in [2.75, 3.05) is 11.9 Å². The number of hydrogen-bond donors (Lipinski definition) is 3. The van der Waals surface area contributed by atoms with Crippen LogP contribution < -0.4 is 10.6 Å². The van der Waals surface area contributed by atoms with E-state index in [0.717, 1.165) is 16.8 Å². The van der Waals surface area contributed by atoms with Gasteiger partial charge in [0, 0.05) is 30.4 Å². The fourth-order valence-corrected chi connectivity index (χ4v) is 3.98. The van der Waals surface area contributed by atoms with Crippen molar-refractivity contribution in [3.63, 3.8) is 0 Å². The lowest BCUT2D eigenvalue weighted by Crippen LogP contribution is -2.25. The molecule has 1 aromatic carbocycles. The number of pyridine rings is 1. The summed E-state index contributed by atoms with van der Waals surface area (Å²) in [6, 6.07) is 10.4. The summed E-state index contributed by atoms with van der Waals surface area (Å²) in [4.78, 5) is 25.6. The molecule has 32 heavy (non-hydrogen) atoms. The van der Waals surface area contributed by atoms with E-state index < -0.39 is 12.0 Å². The van der Waals surface area contributed by atoms with E-state index in [2.05, 4.69) is 25.6 Å². The Morgan fingerprint density at radius 3 is 2.62 bits per heavy atom. The molecule has 166 valence electrons. The van der Waals surface area contributed by atoms with Gasteiger partial charge in [-0.15, -0.1) is 0 Å². The summed E-state index contributed by atoms with van der Waals surface area (Å²) in [6.07, 6.45) is 2.74. The predicted octanol–water partition coefficient (Wildman–Crippen LogP) is 3.37. The largest absolute Gasteiger partial charge is 0.393 e. The van der Waals surface area contributed by atoms with Crippen molar-refractivity contribution >= 4 is 11.9 Å². The van der Waals surface area contributed by atoms with Gasteiger partial charge >= 0.3 is 0 Å². The van der Waals surface area contributed by atoms with Crippen molar-refractivity contribution in [2.45, 2.75) is 38.8 Å². The SMILES string of the molecule is Cc1cc(-c2ccc([C@H](C)Nc3nccc([C@@H]4C(=O)NCC4[C@@H](C)O)n3)nc2)ccc1F. The number of nitrogens with one attached hydrogen (secondary N) is 2. The molecule has 3 aromatic rings. The third-order valence-corrected chi connectivity index (χ3v) is 5.90.